The molecule has 34 heavy (non-hydrogen) atoms. The summed E-state index contributed by atoms with van der Waals surface area (Å²) in [5.41, 5.74) is 2.43. The van der Waals surface area contributed by atoms with Crippen LogP contribution in [0.5, 0.6) is 0 Å². The standard InChI is InChI=1S/C23H19N2Si.C5H8O2.Ir/c1-26(2,3)20-9-8-16-10-11-25-23(22(16)14-20)18-12-17-6-4-5-7-21(17)19(13-18)15-24;1-4(6)3-5(2)7;/h4-11,13-14H,1-3H3;3,6H,1-2H3;/q-1;;/b;4-3-;. The van der Waals surface area contributed by atoms with Crippen molar-refractivity contribution in [1.82, 2.24) is 4.98 Å². The van der Waals surface area contributed by atoms with Gasteiger partial charge in [0.15, 0.2) is 5.78 Å². The fourth-order valence-corrected chi connectivity index (χ4v) is 4.75. The normalized spacial score (nSPS) is 11.2. The Labute approximate surface area is 215 Å². The molecule has 0 saturated heterocycles. The molecule has 0 bridgehead atoms. The van der Waals surface area contributed by atoms with Gasteiger partial charge in [-0.15, -0.1) is 23.6 Å². The van der Waals surface area contributed by atoms with Gasteiger partial charge < -0.3 is 5.11 Å². The number of allylic oxidation sites excluding steroid dienone is 2. The number of nitriles is 1. The van der Waals surface area contributed by atoms with E-state index in [2.05, 4.69) is 55.0 Å². The summed E-state index contributed by atoms with van der Waals surface area (Å²) in [5.74, 6) is -0.0625. The summed E-state index contributed by atoms with van der Waals surface area (Å²) >= 11 is 0. The predicted molar refractivity (Wildman–Crippen MR) is 138 cm³/mol. The summed E-state index contributed by atoms with van der Waals surface area (Å²) in [4.78, 5) is 14.7. The van der Waals surface area contributed by atoms with Crippen LogP contribution in [0.15, 0.2) is 72.6 Å². The number of carbonyl (C=O) groups is 1. The van der Waals surface area contributed by atoms with Crippen LogP contribution in [0.2, 0.25) is 19.6 Å². The molecule has 0 spiro atoms. The molecule has 0 aliphatic carbocycles. The molecule has 4 aromatic rings. The number of carbonyl (C=O) groups excluding carboxylic acids is 1. The van der Waals surface area contributed by atoms with E-state index in [1.54, 1.807) is 0 Å². The number of hydrogen-bond donors (Lipinski definition) is 1. The van der Waals surface area contributed by atoms with Gasteiger partial charge in [0.05, 0.1) is 19.9 Å². The van der Waals surface area contributed by atoms with Gasteiger partial charge in [0.1, 0.15) is 0 Å². The third-order valence-corrected chi connectivity index (χ3v) is 7.24. The Hall–Kier alpha value is -3.10. The van der Waals surface area contributed by atoms with E-state index in [0.29, 0.717) is 5.56 Å². The molecule has 0 saturated carbocycles. The molecule has 1 aromatic heterocycles. The van der Waals surface area contributed by atoms with Crippen LogP contribution in [0, 0.1) is 17.4 Å². The van der Waals surface area contributed by atoms with Gasteiger partial charge in [-0.3, -0.25) is 9.78 Å². The molecule has 6 heteroatoms. The Morgan fingerprint density at radius 1 is 1.06 bits per heavy atom. The summed E-state index contributed by atoms with van der Waals surface area (Å²) < 4.78 is 0. The van der Waals surface area contributed by atoms with Crippen molar-refractivity contribution in [2.45, 2.75) is 33.5 Å². The van der Waals surface area contributed by atoms with Gasteiger partial charge >= 0.3 is 0 Å². The zero-order valence-corrected chi connectivity index (χ0v) is 23.3. The van der Waals surface area contributed by atoms with Crippen molar-refractivity contribution in [3.05, 3.63) is 84.3 Å². The quantitative estimate of drug-likeness (QED) is 0.123. The number of nitrogens with zero attached hydrogens (tertiary/aromatic N) is 2. The van der Waals surface area contributed by atoms with Crippen LogP contribution in [-0.2, 0) is 24.9 Å². The first kappa shape index (κ1) is 27.1. The number of rotatable bonds is 3. The minimum absolute atomic E-state index is 0. The van der Waals surface area contributed by atoms with Gasteiger partial charge in [0, 0.05) is 38.1 Å². The van der Waals surface area contributed by atoms with Crippen LogP contribution >= 0.6 is 0 Å². The topological polar surface area (TPSA) is 74.0 Å². The first-order valence-electron chi connectivity index (χ1n) is 10.7. The fraction of sp³-hybridized carbons (Fsp3) is 0.179. The monoisotopic (exact) mass is 644 g/mol. The number of aromatic nitrogens is 1. The Morgan fingerprint density at radius 3 is 2.35 bits per heavy atom. The molecule has 3 aromatic carbocycles. The summed E-state index contributed by atoms with van der Waals surface area (Å²) in [6.45, 7) is 9.89. The van der Waals surface area contributed by atoms with Crippen LogP contribution in [0.4, 0.5) is 0 Å². The van der Waals surface area contributed by atoms with Crippen molar-refractivity contribution in [3.63, 3.8) is 0 Å². The van der Waals surface area contributed by atoms with Crippen LogP contribution < -0.4 is 5.19 Å². The molecule has 175 valence electrons. The van der Waals surface area contributed by atoms with Gasteiger partial charge in [-0.1, -0.05) is 72.2 Å². The molecular weight excluding hydrogens is 617 g/mol. The first-order valence-corrected chi connectivity index (χ1v) is 14.2. The maximum absolute atomic E-state index is 10.0. The Balaban J connectivity index is 0.000000449. The van der Waals surface area contributed by atoms with E-state index >= 15 is 0 Å². The molecule has 1 N–H and O–H groups in total. The molecule has 4 rings (SSSR count). The minimum Gasteiger partial charge on any atom is -0.512 e. The molecule has 1 heterocycles. The van der Waals surface area contributed by atoms with Crippen molar-refractivity contribution in [3.8, 4) is 17.3 Å². The van der Waals surface area contributed by atoms with Gasteiger partial charge in [-0.25, -0.2) is 0 Å². The molecule has 1 radical (unpaired) electrons. The van der Waals surface area contributed by atoms with E-state index in [9.17, 15) is 10.1 Å². The third kappa shape index (κ3) is 6.48. The Morgan fingerprint density at radius 2 is 1.76 bits per heavy atom. The second kappa shape index (κ2) is 11.4. The number of pyridine rings is 1. The van der Waals surface area contributed by atoms with Gasteiger partial charge in [-0.05, 0) is 36.2 Å². The third-order valence-electron chi connectivity index (χ3n) is 5.20. The number of fused-ring (bicyclic) bond motifs is 2. The van der Waals surface area contributed by atoms with Crippen molar-refractivity contribution in [2.75, 3.05) is 0 Å². The van der Waals surface area contributed by atoms with Crippen LogP contribution in [0.1, 0.15) is 19.4 Å². The predicted octanol–water partition coefficient (Wildman–Crippen LogP) is 6.31. The van der Waals surface area contributed by atoms with Crippen LogP contribution in [0.25, 0.3) is 32.8 Å². The molecule has 0 amide bonds. The smallest absolute Gasteiger partial charge is 0.155 e. The van der Waals surface area contributed by atoms with Crippen molar-refractivity contribution in [1.29, 1.82) is 5.26 Å². The van der Waals surface area contributed by atoms with Gasteiger partial charge in [-0.2, -0.15) is 5.26 Å². The van der Waals surface area contributed by atoms with E-state index in [-0.39, 0.29) is 31.6 Å². The van der Waals surface area contributed by atoms with E-state index in [0.717, 1.165) is 32.8 Å². The van der Waals surface area contributed by atoms with Gasteiger partial charge in [0.25, 0.3) is 0 Å². The number of hydrogen-bond acceptors (Lipinski definition) is 4. The summed E-state index contributed by atoms with van der Waals surface area (Å²) in [5, 5.41) is 23.5. The average Bonchev–Trinajstić information content (AvgIpc) is 2.76. The average molecular weight is 644 g/mol. The SMILES string of the molecule is CC(=O)/C=C(/C)O.C[Si](C)(C)c1ccc2ccnc(-c3[c-]c4ccccc4c(C#N)c3)c2c1.[Ir]. The fourth-order valence-electron chi connectivity index (χ4n) is 3.59. The van der Waals surface area contributed by atoms with Crippen LogP contribution in [0.3, 0.4) is 0 Å². The molecule has 0 fully saturated rings. The number of benzene rings is 3. The van der Waals surface area contributed by atoms with Crippen molar-refractivity contribution < 1.29 is 30.0 Å². The second-order valence-electron chi connectivity index (χ2n) is 9.00. The molecule has 0 unspecified atom stereocenters. The van der Waals surface area contributed by atoms with E-state index < -0.39 is 8.07 Å². The minimum atomic E-state index is -1.43. The summed E-state index contributed by atoms with van der Waals surface area (Å²) in [6.07, 6.45) is 3.00. The van der Waals surface area contributed by atoms with E-state index in [1.807, 2.05) is 42.6 Å². The Kier molecular flexibility index (Phi) is 9.06. The van der Waals surface area contributed by atoms with Crippen molar-refractivity contribution >= 4 is 40.6 Å². The zero-order chi connectivity index (χ0) is 24.2. The Bertz CT molecular complexity index is 1410. The largest absolute Gasteiger partial charge is 0.512 e. The molecule has 4 nitrogen and oxygen atoms in total. The maximum atomic E-state index is 10.0. The molecule has 0 atom stereocenters. The zero-order valence-electron chi connectivity index (χ0n) is 19.9. The van der Waals surface area contributed by atoms with Gasteiger partial charge in [0.2, 0.25) is 0 Å². The molecular formula is C28H27IrN2O2Si-. The number of aliphatic hydroxyl groups excluding tert-OH is 1. The maximum Gasteiger partial charge on any atom is 0.155 e. The van der Waals surface area contributed by atoms with E-state index in [4.69, 9.17) is 5.11 Å². The summed E-state index contributed by atoms with van der Waals surface area (Å²) in [6, 6.07) is 24.3. The second-order valence-corrected chi connectivity index (χ2v) is 14.1. The van der Waals surface area contributed by atoms with Crippen molar-refractivity contribution in [2.24, 2.45) is 0 Å². The first-order chi connectivity index (χ1) is 15.6. The molecule has 0 aliphatic rings. The number of ketones is 1. The van der Waals surface area contributed by atoms with E-state index in [1.165, 1.54) is 25.1 Å². The number of aliphatic hydroxyl groups is 1. The summed E-state index contributed by atoms with van der Waals surface area (Å²) in [7, 11) is -1.43. The molecule has 0 aliphatic heterocycles. The van der Waals surface area contributed by atoms with Crippen LogP contribution in [-0.4, -0.2) is 23.9 Å².